The van der Waals surface area contributed by atoms with Gasteiger partial charge in [0.15, 0.2) is 0 Å². The van der Waals surface area contributed by atoms with E-state index in [2.05, 4.69) is 24.3 Å². The molecule has 0 aromatic heterocycles. The van der Waals surface area contributed by atoms with Crippen LogP contribution in [0.2, 0.25) is 0 Å². The van der Waals surface area contributed by atoms with Crippen molar-refractivity contribution in [2.45, 2.75) is 7.43 Å². The summed E-state index contributed by atoms with van der Waals surface area (Å²) < 4.78 is 0. The van der Waals surface area contributed by atoms with Crippen molar-refractivity contribution in [3.63, 3.8) is 0 Å². The normalized spacial score (nSPS) is 9.71. The SMILES string of the molecule is C.c1cc2ccc1-2. The monoisotopic (exact) mass is 92.1 g/mol. The predicted octanol–water partition coefficient (Wildman–Crippen LogP) is 2.30. The molecule has 0 atom stereocenters. The van der Waals surface area contributed by atoms with E-state index in [1.54, 1.807) is 0 Å². The molecule has 0 aromatic rings. The van der Waals surface area contributed by atoms with Crippen molar-refractivity contribution in [2.24, 2.45) is 0 Å². The van der Waals surface area contributed by atoms with Crippen molar-refractivity contribution < 1.29 is 0 Å². The molecule has 0 N–H and O–H groups in total. The Kier molecular flexibility index (Phi) is 0.684. The summed E-state index contributed by atoms with van der Waals surface area (Å²) in [4.78, 5) is 0. The minimum Gasteiger partial charge on any atom is -0.0776 e. The highest BCUT2D eigenvalue weighted by molar-refractivity contribution is 5.75. The fraction of sp³-hybridized carbons (Fsp3) is 0.143. The third kappa shape index (κ3) is 0.310. The Labute approximate surface area is 43.8 Å². The van der Waals surface area contributed by atoms with Crippen LogP contribution in [-0.4, -0.2) is 0 Å². The second kappa shape index (κ2) is 1.09. The zero-order chi connectivity index (χ0) is 3.98. The van der Waals surface area contributed by atoms with Crippen LogP contribution in [0.25, 0.3) is 11.1 Å². The number of hydrogen-bond acceptors (Lipinski definition) is 0. The van der Waals surface area contributed by atoms with E-state index in [0.717, 1.165) is 0 Å². The van der Waals surface area contributed by atoms with Gasteiger partial charge < -0.3 is 0 Å². The molecule has 0 nitrogen and oxygen atoms in total. The van der Waals surface area contributed by atoms with Crippen molar-refractivity contribution in [1.82, 2.24) is 0 Å². The van der Waals surface area contributed by atoms with Gasteiger partial charge in [-0.1, -0.05) is 31.7 Å². The van der Waals surface area contributed by atoms with Gasteiger partial charge in [0.05, 0.1) is 0 Å². The highest BCUT2D eigenvalue weighted by Gasteiger charge is 2.03. The average Bonchev–Trinajstić information content (AvgIpc) is 1.54. The first-order chi connectivity index (χ1) is 2.97. The molecule has 0 radical (unpaired) electrons. The zero-order valence-corrected chi connectivity index (χ0v) is 3.31. The van der Waals surface area contributed by atoms with E-state index < -0.39 is 0 Å². The molecule has 0 saturated carbocycles. The van der Waals surface area contributed by atoms with Crippen LogP contribution < -0.4 is 0 Å². The molecule has 0 spiro atoms. The Balaban J connectivity index is 0.000000245. The summed E-state index contributed by atoms with van der Waals surface area (Å²) in [6, 6.07) is 8.48. The van der Waals surface area contributed by atoms with Gasteiger partial charge in [-0.15, -0.1) is 0 Å². The molecule has 0 bridgehead atoms. The van der Waals surface area contributed by atoms with Crippen molar-refractivity contribution in [3.8, 4) is 11.1 Å². The van der Waals surface area contributed by atoms with Crippen LogP contribution in [-0.2, 0) is 0 Å². The third-order valence-corrected chi connectivity index (χ3v) is 1.22. The van der Waals surface area contributed by atoms with E-state index in [9.17, 15) is 0 Å². The lowest BCUT2D eigenvalue weighted by molar-refractivity contribution is 1.55. The Morgan fingerprint density at radius 1 is 0.714 bits per heavy atom. The molecular weight excluding hydrogens is 84.1 g/mol. The van der Waals surface area contributed by atoms with E-state index in [4.69, 9.17) is 0 Å². The van der Waals surface area contributed by atoms with Gasteiger partial charge in [-0.05, 0) is 11.1 Å². The van der Waals surface area contributed by atoms with E-state index >= 15 is 0 Å². The Bertz CT molecular complexity index is 139. The summed E-state index contributed by atoms with van der Waals surface area (Å²) in [5.41, 5.74) is 2.85. The molecule has 2 aliphatic carbocycles. The van der Waals surface area contributed by atoms with Gasteiger partial charge in [0.2, 0.25) is 0 Å². The molecule has 7 heavy (non-hydrogen) atoms. The van der Waals surface area contributed by atoms with E-state index in [1.807, 2.05) is 0 Å². The van der Waals surface area contributed by atoms with Gasteiger partial charge in [-0.2, -0.15) is 0 Å². The number of rotatable bonds is 0. The smallest absolute Gasteiger partial charge is 0.0184 e. The minimum atomic E-state index is 0. The fourth-order valence-corrected chi connectivity index (χ4v) is 0.663. The largest absolute Gasteiger partial charge is 0.0776 e. The lowest BCUT2D eigenvalue weighted by Crippen LogP contribution is -1.85. The molecular formula is C7H8. The summed E-state index contributed by atoms with van der Waals surface area (Å²) >= 11 is 0. The zero-order valence-electron chi connectivity index (χ0n) is 3.31. The second-order valence-electron chi connectivity index (χ2n) is 1.58. The van der Waals surface area contributed by atoms with E-state index in [1.165, 1.54) is 11.1 Å². The highest BCUT2D eigenvalue weighted by Crippen LogP contribution is 2.29. The van der Waals surface area contributed by atoms with Gasteiger partial charge in [-0.25, -0.2) is 0 Å². The maximum Gasteiger partial charge on any atom is -0.0184 e. The van der Waals surface area contributed by atoms with Crippen LogP contribution in [0.3, 0.4) is 0 Å². The van der Waals surface area contributed by atoms with Crippen LogP contribution in [0.15, 0.2) is 24.3 Å². The molecule has 0 aliphatic heterocycles. The molecule has 0 unspecified atom stereocenters. The van der Waals surface area contributed by atoms with Crippen LogP contribution in [0.5, 0.6) is 0 Å². The lowest BCUT2D eigenvalue weighted by atomic mass is 9.95. The van der Waals surface area contributed by atoms with Crippen LogP contribution in [0.1, 0.15) is 7.43 Å². The van der Waals surface area contributed by atoms with Crippen molar-refractivity contribution in [3.05, 3.63) is 24.3 Å². The lowest BCUT2D eigenvalue weighted by Gasteiger charge is -2.10. The van der Waals surface area contributed by atoms with E-state index in [0.29, 0.717) is 0 Å². The molecule has 2 aliphatic rings. The number of benzene rings is 1. The fourth-order valence-electron chi connectivity index (χ4n) is 0.663. The van der Waals surface area contributed by atoms with Crippen LogP contribution in [0, 0.1) is 0 Å². The number of hydrogen-bond donors (Lipinski definition) is 0. The van der Waals surface area contributed by atoms with Crippen molar-refractivity contribution in [2.75, 3.05) is 0 Å². The molecule has 2 rings (SSSR count). The first-order valence-corrected chi connectivity index (χ1v) is 2.07. The summed E-state index contributed by atoms with van der Waals surface area (Å²) in [6.45, 7) is 0. The topological polar surface area (TPSA) is 0 Å². The molecule has 0 heterocycles. The first kappa shape index (κ1) is 4.38. The van der Waals surface area contributed by atoms with Gasteiger partial charge >= 0.3 is 0 Å². The Hall–Kier alpha value is -0.780. The summed E-state index contributed by atoms with van der Waals surface area (Å²) in [5.74, 6) is 0. The summed E-state index contributed by atoms with van der Waals surface area (Å²) in [7, 11) is 0. The van der Waals surface area contributed by atoms with Gasteiger partial charge in [-0.3, -0.25) is 0 Å². The quantitative estimate of drug-likeness (QED) is 0.467. The molecule has 0 heteroatoms. The summed E-state index contributed by atoms with van der Waals surface area (Å²) in [6.07, 6.45) is 0. The molecule has 0 amide bonds. The summed E-state index contributed by atoms with van der Waals surface area (Å²) in [5, 5.41) is 0. The molecule has 0 fully saturated rings. The van der Waals surface area contributed by atoms with Crippen LogP contribution >= 0.6 is 0 Å². The van der Waals surface area contributed by atoms with Crippen LogP contribution in [0.4, 0.5) is 0 Å². The molecule has 0 saturated heterocycles. The van der Waals surface area contributed by atoms with Gasteiger partial charge in [0.1, 0.15) is 0 Å². The predicted molar refractivity (Wildman–Crippen MR) is 32.2 cm³/mol. The maximum atomic E-state index is 2.12. The number of fused-ring (bicyclic) bond motifs is 1. The molecule has 36 valence electrons. The second-order valence-corrected chi connectivity index (χ2v) is 1.58. The first-order valence-electron chi connectivity index (χ1n) is 2.07. The minimum absolute atomic E-state index is 0. The maximum absolute atomic E-state index is 2.12. The Morgan fingerprint density at radius 3 is 1.00 bits per heavy atom. The van der Waals surface area contributed by atoms with Gasteiger partial charge in [0.25, 0.3) is 0 Å². The Morgan fingerprint density at radius 2 is 1.00 bits per heavy atom. The average molecular weight is 92.1 g/mol. The standard InChI is InChI=1S/C6H4.CH4/c1-2-6-4-3-5(1)6;/h1-4H;1H4. The van der Waals surface area contributed by atoms with Gasteiger partial charge in [0, 0.05) is 0 Å². The molecule has 0 aromatic carbocycles. The third-order valence-electron chi connectivity index (χ3n) is 1.22. The highest BCUT2D eigenvalue weighted by atomic mass is 14.1. The van der Waals surface area contributed by atoms with Crippen molar-refractivity contribution in [1.29, 1.82) is 0 Å². The van der Waals surface area contributed by atoms with E-state index in [-0.39, 0.29) is 7.43 Å². The van der Waals surface area contributed by atoms with Crippen molar-refractivity contribution >= 4 is 0 Å².